The zero-order chi connectivity index (χ0) is 31.6. The van der Waals surface area contributed by atoms with Gasteiger partial charge in [0.1, 0.15) is 31.9 Å². The van der Waals surface area contributed by atoms with Crippen molar-refractivity contribution in [3.8, 4) is 0 Å². The Morgan fingerprint density at radius 3 is 1.59 bits per heavy atom. The van der Waals surface area contributed by atoms with E-state index in [0.29, 0.717) is 19.4 Å². The third kappa shape index (κ3) is 12.6. The predicted octanol–water partition coefficient (Wildman–Crippen LogP) is 5.26. The van der Waals surface area contributed by atoms with Crippen molar-refractivity contribution in [2.45, 2.75) is 65.0 Å². The van der Waals surface area contributed by atoms with Crippen molar-refractivity contribution in [1.29, 1.82) is 0 Å². The highest BCUT2D eigenvalue weighted by atomic mass is 16.6. The molecule has 0 heterocycles. The molecule has 0 aliphatic heterocycles. The summed E-state index contributed by atoms with van der Waals surface area (Å²) >= 11 is 0. The van der Waals surface area contributed by atoms with Gasteiger partial charge in [-0.3, -0.25) is 4.79 Å². The standard InChI is InChI=1S/C34H41N3O7/c1-25(2)30(37-34(41)44-24-28-18-10-5-11-19-28)31(38)36-29(32(39)42-22-26-14-6-3-7-15-26)20-12-13-21-35-33(40)43-23-27-16-8-4-9-17-27/h3-11,14-19,25,29-30H,12-13,20-24H2,1-2H3,(H,35,40)(H,36,38)(H,37,41)/t29-,30-/m0/s1. The van der Waals surface area contributed by atoms with Crippen molar-refractivity contribution in [2.75, 3.05) is 6.54 Å². The van der Waals surface area contributed by atoms with Gasteiger partial charge in [0.05, 0.1) is 0 Å². The summed E-state index contributed by atoms with van der Waals surface area (Å²) in [6, 6.07) is 25.9. The van der Waals surface area contributed by atoms with E-state index in [-0.39, 0.29) is 32.2 Å². The van der Waals surface area contributed by atoms with Crippen LogP contribution in [0.25, 0.3) is 0 Å². The lowest BCUT2D eigenvalue weighted by Gasteiger charge is -2.24. The van der Waals surface area contributed by atoms with E-state index in [2.05, 4.69) is 16.0 Å². The summed E-state index contributed by atoms with van der Waals surface area (Å²) < 4.78 is 16.0. The van der Waals surface area contributed by atoms with Gasteiger partial charge in [-0.2, -0.15) is 0 Å². The maximum Gasteiger partial charge on any atom is 0.408 e. The van der Waals surface area contributed by atoms with Gasteiger partial charge in [0.25, 0.3) is 0 Å². The average Bonchev–Trinajstić information content (AvgIpc) is 3.04. The van der Waals surface area contributed by atoms with Crippen LogP contribution >= 0.6 is 0 Å². The minimum absolute atomic E-state index is 0.0541. The maximum atomic E-state index is 13.3. The van der Waals surface area contributed by atoms with Crippen molar-refractivity contribution in [3.05, 3.63) is 108 Å². The molecule has 3 rings (SSSR count). The first kappa shape index (κ1) is 33.6. The van der Waals surface area contributed by atoms with Crippen LogP contribution in [0.15, 0.2) is 91.0 Å². The Bertz CT molecular complexity index is 1300. The van der Waals surface area contributed by atoms with Crippen LogP contribution in [0.5, 0.6) is 0 Å². The third-order valence-electron chi connectivity index (χ3n) is 6.66. The summed E-state index contributed by atoms with van der Waals surface area (Å²) in [6.07, 6.45) is 0.0328. The van der Waals surface area contributed by atoms with Crippen LogP contribution in [0, 0.1) is 5.92 Å². The van der Waals surface area contributed by atoms with E-state index >= 15 is 0 Å². The highest BCUT2D eigenvalue weighted by Crippen LogP contribution is 2.10. The van der Waals surface area contributed by atoms with Crippen LogP contribution in [0.4, 0.5) is 9.59 Å². The summed E-state index contributed by atoms with van der Waals surface area (Å²) in [5.74, 6) is -1.40. The van der Waals surface area contributed by atoms with E-state index in [0.717, 1.165) is 16.7 Å². The predicted molar refractivity (Wildman–Crippen MR) is 165 cm³/mol. The van der Waals surface area contributed by atoms with Crippen LogP contribution in [0.2, 0.25) is 0 Å². The number of amides is 3. The van der Waals surface area contributed by atoms with E-state index in [9.17, 15) is 19.2 Å². The summed E-state index contributed by atoms with van der Waals surface area (Å²) in [4.78, 5) is 50.9. The number of carbonyl (C=O) groups excluding carboxylic acids is 4. The minimum Gasteiger partial charge on any atom is -0.459 e. The molecule has 3 aromatic carbocycles. The van der Waals surface area contributed by atoms with E-state index in [4.69, 9.17) is 14.2 Å². The Balaban J connectivity index is 1.51. The van der Waals surface area contributed by atoms with Crippen molar-refractivity contribution in [2.24, 2.45) is 5.92 Å². The molecule has 0 radical (unpaired) electrons. The Kier molecular flexibility index (Phi) is 14.2. The third-order valence-corrected chi connectivity index (χ3v) is 6.66. The molecule has 0 unspecified atom stereocenters. The monoisotopic (exact) mass is 603 g/mol. The molecule has 3 N–H and O–H groups in total. The lowest BCUT2D eigenvalue weighted by Crippen LogP contribution is -2.54. The Morgan fingerprint density at radius 2 is 1.09 bits per heavy atom. The second-order valence-electron chi connectivity index (χ2n) is 10.6. The molecule has 0 saturated carbocycles. The van der Waals surface area contributed by atoms with E-state index in [1.165, 1.54) is 0 Å². The molecule has 234 valence electrons. The van der Waals surface area contributed by atoms with Crippen LogP contribution in [0.1, 0.15) is 49.8 Å². The molecule has 2 atom stereocenters. The zero-order valence-electron chi connectivity index (χ0n) is 25.2. The Morgan fingerprint density at radius 1 is 0.614 bits per heavy atom. The number of nitrogens with one attached hydrogen (secondary N) is 3. The lowest BCUT2D eigenvalue weighted by molar-refractivity contribution is -0.149. The quantitative estimate of drug-likeness (QED) is 0.116. The number of ether oxygens (including phenoxy) is 3. The van der Waals surface area contributed by atoms with E-state index in [1.807, 2.05) is 91.0 Å². The summed E-state index contributed by atoms with van der Waals surface area (Å²) in [7, 11) is 0. The van der Waals surface area contributed by atoms with E-state index < -0.39 is 36.1 Å². The molecule has 0 aromatic heterocycles. The van der Waals surface area contributed by atoms with Gasteiger partial charge >= 0.3 is 18.2 Å². The molecule has 0 aliphatic carbocycles. The molecule has 3 aromatic rings. The molecule has 0 saturated heterocycles. The summed E-state index contributed by atoms with van der Waals surface area (Å²) in [5, 5.41) is 8.07. The average molecular weight is 604 g/mol. The second-order valence-corrected chi connectivity index (χ2v) is 10.6. The first-order valence-corrected chi connectivity index (χ1v) is 14.7. The molecule has 10 nitrogen and oxygen atoms in total. The topological polar surface area (TPSA) is 132 Å². The van der Waals surface area contributed by atoms with Gasteiger partial charge in [0.15, 0.2) is 0 Å². The van der Waals surface area contributed by atoms with Crippen molar-refractivity contribution >= 4 is 24.1 Å². The smallest absolute Gasteiger partial charge is 0.408 e. The molecule has 3 amide bonds. The van der Waals surface area contributed by atoms with Crippen LogP contribution < -0.4 is 16.0 Å². The van der Waals surface area contributed by atoms with Crippen molar-refractivity contribution < 1.29 is 33.4 Å². The van der Waals surface area contributed by atoms with Gasteiger partial charge in [0.2, 0.25) is 5.91 Å². The first-order chi connectivity index (χ1) is 21.3. The molecule has 44 heavy (non-hydrogen) atoms. The number of esters is 1. The van der Waals surface area contributed by atoms with Crippen LogP contribution in [-0.4, -0.2) is 42.7 Å². The highest BCUT2D eigenvalue weighted by molar-refractivity contribution is 5.89. The summed E-state index contributed by atoms with van der Waals surface area (Å²) in [6.45, 7) is 4.18. The second kappa shape index (κ2) is 18.6. The number of benzene rings is 3. The lowest BCUT2D eigenvalue weighted by atomic mass is 10.0. The SMILES string of the molecule is CC(C)[C@H](NC(=O)OCc1ccccc1)C(=O)N[C@@H](CCCCNC(=O)OCc1ccccc1)C(=O)OCc1ccccc1. The van der Waals surface area contributed by atoms with Crippen LogP contribution in [-0.2, 0) is 43.6 Å². The highest BCUT2D eigenvalue weighted by Gasteiger charge is 2.30. The fraction of sp³-hybridized carbons (Fsp3) is 0.353. The van der Waals surface area contributed by atoms with Crippen LogP contribution in [0.3, 0.4) is 0 Å². The molecule has 10 heteroatoms. The molecule has 0 fully saturated rings. The Labute approximate surface area is 258 Å². The fourth-order valence-corrected chi connectivity index (χ4v) is 4.20. The van der Waals surface area contributed by atoms with Gasteiger partial charge in [-0.05, 0) is 41.9 Å². The number of alkyl carbamates (subject to hydrolysis) is 2. The van der Waals surface area contributed by atoms with Gasteiger partial charge in [-0.25, -0.2) is 14.4 Å². The number of hydrogen-bond donors (Lipinski definition) is 3. The van der Waals surface area contributed by atoms with Crippen molar-refractivity contribution in [3.63, 3.8) is 0 Å². The number of unbranched alkanes of at least 4 members (excludes halogenated alkanes) is 1. The fourth-order valence-electron chi connectivity index (χ4n) is 4.20. The maximum absolute atomic E-state index is 13.3. The molecule has 0 aliphatic rings. The van der Waals surface area contributed by atoms with Gasteiger partial charge < -0.3 is 30.2 Å². The summed E-state index contributed by atoms with van der Waals surface area (Å²) in [5.41, 5.74) is 2.51. The number of hydrogen-bond acceptors (Lipinski definition) is 7. The Hall–Kier alpha value is -4.86. The number of carbonyl (C=O) groups is 4. The van der Waals surface area contributed by atoms with Crippen molar-refractivity contribution in [1.82, 2.24) is 16.0 Å². The molecular formula is C34H41N3O7. The normalized spacial score (nSPS) is 12.0. The molecule has 0 bridgehead atoms. The number of rotatable bonds is 16. The van der Waals surface area contributed by atoms with Gasteiger partial charge in [0, 0.05) is 6.54 Å². The largest absolute Gasteiger partial charge is 0.459 e. The van der Waals surface area contributed by atoms with Gasteiger partial charge in [-0.15, -0.1) is 0 Å². The minimum atomic E-state index is -0.959. The zero-order valence-corrected chi connectivity index (χ0v) is 25.2. The molecular weight excluding hydrogens is 562 g/mol. The van der Waals surface area contributed by atoms with E-state index in [1.54, 1.807) is 13.8 Å². The molecule has 0 spiro atoms. The van der Waals surface area contributed by atoms with Gasteiger partial charge in [-0.1, -0.05) is 105 Å². The first-order valence-electron chi connectivity index (χ1n) is 14.7.